The van der Waals surface area contributed by atoms with Gasteiger partial charge in [0.05, 0.1) is 18.8 Å². The van der Waals surface area contributed by atoms with Gasteiger partial charge in [-0.1, -0.05) is 55.8 Å². The summed E-state index contributed by atoms with van der Waals surface area (Å²) in [5.74, 6) is -0.394. The lowest BCUT2D eigenvalue weighted by Gasteiger charge is -2.06. The van der Waals surface area contributed by atoms with Gasteiger partial charge in [-0.05, 0) is 48.7 Å². The highest BCUT2D eigenvalue weighted by molar-refractivity contribution is 7.20. The van der Waals surface area contributed by atoms with Gasteiger partial charge in [-0.2, -0.15) is 5.26 Å². The van der Waals surface area contributed by atoms with E-state index < -0.39 is 11.9 Å². The zero-order chi connectivity index (χ0) is 24.3. The quantitative estimate of drug-likeness (QED) is 0.161. The van der Waals surface area contributed by atoms with Crippen LogP contribution in [0.4, 0.5) is 5.00 Å². The van der Waals surface area contributed by atoms with Crippen LogP contribution in [-0.2, 0) is 9.53 Å². The number of benzene rings is 2. The number of unbranched alkanes of at least 4 members (excludes halogenated alkanes) is 1. The molecule has 0 atom stereocenters. The molecule has 1 amide bonds. The first-order valence-electron chi connectivity index (χ1n) is 11.1. The Hall–Kier alpha value is -3.89. The van der Waals surface area contributed by atoms with E-state index in [1.807, 2.05) is 36.4 Å². The summed E-state index contributed by atoms with van der Waals surface area (Å²) in [4.78, 5) is 26.2. The lowest BCUT2D eigenvalue weighted by Crippen LogP contribution is -2.15. The summed E-state index contributed by atoms with van der Waals surface area (Å²) in [6.07, 6.45) is 3.53. The second-order valence-electron chi connectivity index (χ2n) is 7.33. The van der Waals surface area contributed by atoms with E-state index in [9.17, 15) is 14.9 Å². The highest BCUT2D eigenvalue weighted by Gasteiger charge is 2.21. The summed E-state index contributed by atoms with van der Waals surface area (Å²) in [6, 6.07) is 20.4. The third-order valence-corrected chi connectivity index (χ3v) is 5.94. The van der Waals surface area contributed by atoms with E-state index in [4.69, 9.17) is 9.47 Å². The minimum Gasteiger partial charge on any atom is -0.494 e. The van der Waals surface area contributed by atoms with E-state index in [2.05, 4.69) is 12.2 Å². The van der Waals surface area contributed by atoms with Crippen molar-refractivity contribution in [3.8, 4) is 22.3 Å². The Kier molecular flexibility index (Phi) is 9.01. The van der Waals surface area contributed by atoms with Crippen molar-refractivity contribution >= 4 is 34.3 Å². The summed E-state index contributed by atoms with van der Waals surface area (Å²) < 4.78 is 10.8. The Bertz CT molecular complexity index is 1190. The number of carbonyl (C=O) groups excluding carboxylic acids is 2. The van der Waals surface area contributed by atoms with Gasteiger partial charge in [0, 0.05) is 4.88 Å². The van der Waals surface area contributed by atoms with Crippen LogP contribution in [0, 0.1) is 11.3 Å². The number of nitriles is 1. The molecule has 3 aromatic rings. The summed E-state index contributed by atoms with van der Waals surface area (Å²) >= 11 is 1.25. The number of nitrogens with zero attached hydrogens (tertiary/aromatic N) is 1. The van der Waals surface area contributed by atoms with E-state index in [1.54, 1.807) is 37.3 Å². The van der Waals surface area contributed by atoms with Gasteiger partial charge >= 0.3 is 5.97 Å². The van der Waals surface area contributed by atoms with E-state index in [-0.39, 0.29) is 17.7 Å². The standard InChI is InChI=1S/C27H26N2O4S/c1-3-5-15-33-22-13-11-19(12-14-22)16-21(18-28)25(30)29-26-23(27(31)32-4-2)17-24(34-26)20-9-7-6-8-10-20/h6-14,16-17H,3-5,15H2,1-2H3,(H,29,30). The maximum Gasteiger partial charge on any atom is 0.341 e. The van der Waals surface area contributed by atoms with E-state index >= 15 is 0 Å². The molecule has 7 heteroatoms. The molecule has 0 aliphatic carbocycles. The first kappa shape index (κ1) is 24.7. The van der Waals surface area contributed by atoms with Gasteiger partial charge in [0.2, 0.25) is 0 Å². The van der Waals surface area contributed by atoms with Gasteiger partial charge in [-0.25, -0.2) is 4.79 Å². The molecular weight excluding hydrogens is 448 g/mol. The summed E-state index contributed by atoms with van der Waals surface area (Å²) in [5, 5.41) is 12.6. The molecule has 1 N–H and O–H groups in total. The van der Waals surface area contributed by atoms with E-state index in [0.29, 0.717) is 17.2 Å². The third kappa shape index (κ3) is 6.56. The van der Waals surface area contributed by atoms with Crippen molar-refractivity contribution in [2.24, 2.45) is 0 Å². The first-order valence-corrected chi connectivity index (χ1v) is 11.9. The Morgan fingerprint density at radius 1 is 1.09 bits per heavy atom. The average molecular weight is 475 g/mol. The van der Waals surface area contributed by atoms with Crippen molar-refractivity contribution in [2.75, 3.05) is 18.5 Å². The molecule has 0 aliphatic heterocycles. The number of esters is 1. The van der Waals surface area contributed by atoms with Crippen LogP contribution >= 0.6 is 11.3 Å². The number of carbonyl (C=O) groups is 2. The highest BCUT2D eigenvalue weighted by atomic mass is 32.1. The first-order chi connectivity index (χ1) is 16.5. The van der Waals surface area contributed by atoms with Crippen molar-refractivity contribution in [2.45, 2.75) is 26.7 Å². The van der Waals surface area contributed by atoms with Gasteiger partial charge in [-0.3, -0.25) is 4.79 Å². The maximum absolute atomic E-state index is 12.9. The Morgan fingerprint density at radius 2 is 1.82 bits per heavy atom. The third-order valence-electron chi connectivity index (χ3n) is 4.84. The molecule has 0 fully saturated rings. The highest BCUT2D eigenvalue weighted by Crippen LogP contribution is 2.36. The molecule has 1 heterocycles. The van der Waals surface area contributed by atoms with Gasteiger partial charge < -0.3 is 14.8 Å². The van der Waals surface area contributed by atoms with Crippen molar-refractivity contribution in [1.29, 1.82) is 5.26 Å². The van der Waals surface area contributed by atoms with Crippen molar-refractivity contribution in [3.63, 3.8) is 0 Å². The van der Waals surface area contributed by atoms with Gasteiger partial charge in [0.1, 0.15) is 22.4 Å². The van der Waals surface area contributed by atoms with Crippen LogP contribution in [0.15, 0.2) is 66.2 Å². The predicted octanol–water partition coefficient (Wildman–Crippen LogP) is 6.32. The average Bonchev–Trinajstić information content (AvgIpc) is 3.28. The molecule has 3 rings (SSSR count). The molecule has 174 valence electrons. The molecule has 0 radical (unpaired) electrons. The van der Waals surface area contributed by atoms with Crippen LogP contribution in [0.1, 0.15) is 42.6 Å². The van der Waals surface area contributed by atoms with E-state index in [1.165, 1.54) is 17.4 Å². The molecule has 0 unspecified atom stereocenters. The summed E-state index contributed by atoms with van der Waals surface area (Å²) in [6.45, 7) is 4.67. The Labute approximate surface area is 203 Å². The number of rotatable bonds is 10. The molecule has 0 saturated carbocycles. The van der Waals surface area contributed by atoms with Gasteiger partial charge in [0.25, 0.3) is 5.91 Å². The number of hydrogen-bond acceptors (Lipinski definition) is 6. The SMILES string of the molecule is CCCCOc1ccc(C=C(C#N)C(=O)Nc2sc(-c3ccccc3)cc2C(=O)OCC)cc1. The fourth-order valence-corrected chi connectivity index (χ4v) is 4.12. The number of amides is 1. The Morgan fingerprint density at radius 3 is 2.47 bits per heavy atom. The molecule has 0 bridgehead atoms. The van der Waals surface area contributed by atoms with Crippen LogP contribution in [0.25, 0.3) is 16.5 Å². The fraction of sp³-hybridized carbons (Fsp3) is 0.222. The summed E-state index contributed by atoms with van der Waals surface area (Å²) in [5.41, 5.74) is 1.78. The normalized spacial score (nSPS) is 10.9. The van der Waals surface area contributed by atoms with Crippen LogP contribution < -0.4 is 10.1 Å². The van der Waals surface area contributed by atoms with Crippen molar-refractivity contribution in [3.05, 3.63) is 77.4 Å². The molecule has 6 nitrogen and oxygen atoms in total. The fourth-order valence-electron chi connectivity index (χ4n) is 3.07. The molecule has 0 aliphatic rings. The van der Waals surface area contributed by atoms with Crippen LogP contribution in [0.2, 0.25) is 0 Å². The monoisotopic (exact) mass is 474 g/mol. The molecular formula is C27H26N2O4S. The topological polar surface area (TPSA) is 88.4 Å². The largest absolute Gasteiger partial charge is 0.494 e. The number of thiophene rings is 1. The smallest absolute Gasteiger partial charge is 0.341 e. The van der Waals surface area contributed by atoms with E-state index in [0.717, 1.165) is 29.0 Å². The predicted molar refractivity (Wildman–Crippen MR) is 135 cm³/mol. The summed E-state index contributed by atoms with van der Waals surface area (Å²) in [7, 11) is 0. The second-order valence-corrected chi connectivity index (χ2v) is 8.39. The second kappa shape index (κ2) is 12.4. The molecule has 0 saturated heterocycles. The molecule has 0 spiro atoms. The zero-order valence-corrected chi connectivity index (χ0v) is 20.0. The van der Waals surface area contributed by atoms with Crippen molar-refractivity contribution in [1.82, 2.24) is 0 Å². The van der Waals surface area contributed by atoms with Gasteiger partial charge in [-0.15, -0.1) is 11.3 Å². The van der Waals surface area contributed by atoms with Crippen molar-refractivity contribution < 1.29 is 19.1 Å². The minimum absolute atomic E-state index is 0.0795. The number of anilines is 1. The van der Waals surface area contributed by atoms with Crippen LogP contribution in [-0.4, -0.2) is 25.1 Å². The minimum atomic E-state index is -0.599. The van der Waals surface area contributed by atoms with Crippen LogP contribution in [0.5, 0.6) is 5.75 Å². The zero-order valence-electron chi connectivity index (χ0n) is 19.2. The lowest BCUT2D eigenvalue weighted by molar-refractivity contribution is -0.112. The van der Waals surface area contributed by atoms with Gasteiger partial charge in [0.15, 0.2) is 0 Å². The molecule has 2 aromatic carbocycles. The molecule has 34 heavy (non-hydrogen) atoms. The molecule has 1 aromatic heterocycles. The Balaban J connectivity index is 1.81. The number of nitrogens with one attached hydrogen (secondary N) is 1. The number of ether oxygens (including phenoxy) is 2. The van der Waals surface area contributed by atoms with Crippen LogP contribution in [0.3, 0.4) is 0 Å². The number of hydrogen-bond donors (Lipinski definition) is 1. The lowest BCUT2D eigenvalue weighted by atomic mass is 10.1. The maximum atomic E-state index is 12.9.